The van der Waals surface area contributed by atoms with Crippen LogP contribution in [0.4, 0.5) is 21.5 Å². The number of halogens is 1. The van der Waals surface area contributed by atoms with E-state index in [-0.39, 0.29) is 5.69 Å². The van der Waals surface area contributed by atoms with Gasteiger partial charge in [-0.3, -0.25) is 20.2 Å². The Morgan fingerprint density at radius 1 is 1.24 bits per heavy atom. The Hall–Kier alpha value is -2.25. The number of benzene rings is 1. The first-order valence-corrected chi connectivity index (χ1v) is 4.83. The molecule has 1 aromatic rings. The Morgan fingerprint density at radius 3 is 2.29 bits per heavy atom. The van der Waals surface area contributed by atoms with Crippen molar-refractivity contribution in [1.29, 1.82) is 0 Å². The summed E-state index contributed by atoms with van der Waals surface area (Å²) in [7, 11) is 0. The third kappa shape index (κ3) is 2.86. The number of anilines is 1. The molecule has 0 fully saturated rings. The van der Waals surface area contributed by atoms with Gasteiger partial charge in [-0.2, -0.15) is 4.39 Å². The normalized spacial score (nSPS) is 10.0. The molecular formula is C9H10FN3O4. The van der Waals surface area contributed by atoms with Crippen LogP contribution in [0.5, 0.6) is 0 Å². The summed E-state index contributed by atoms with van der Waals surface area (Å²) in [6.45, 7) is 2.25. The summed E-state index contributed by atoms with van der Waals surface area (Å²) in [4.78, 5) is 19.4. The molecule has 8 heteroatoms. The molecule has 0 saturated carbocycles. The second kappa shape index (κ2) is 5.19. The summed E-state index contributed by atoms with van der Waals surface area (Å²) in [5.41, 5.74) is -1.47. The first kappa shape index (κ1) is 12.8. The highest BCUT2D eigenvalue weighted by Crippen LogP contribution is 2.31. The highest BCUT2D eigenvalue weighted by molar-refractivity contribution is 5.65. The maximum atomic E-state index is 13.3. The third-order valence-corrected chi connectivity index (χ3v) is 2.02. The number of nitrogens with zero attached hydrogens (tertiary/aromatic N) is 2. The largest absolute Gasteiger partial charge is 0.379 e. The van der Waals surface area contributed by atoms with Crippen LogP contribution >= 0.6 is 0 Å². The van der Waals surface area contributed by atoms with Gasteiger partial charge in [0.05, 0.1) is 15.9 Å². The van der Waals surface area contributed by atoms with E-state index >= 15 is 0 Å². The van der Waals surface area contributed by atoms with Crippen molar-refractivity contribution in [2.24, 2.45) is 0 Å². The van der Waals surface area contributed by atoms with E-state index in [9.17, 15) is 24.6 Å². The lowest BCUT2D eigenvalue weighted by atomic mass is 10.2. The van der Waals surface area contributed by atoms with Crippen molar-refractivity contribution < 1.29 is 14.2 Å². The number of hydrogen-bond donors (Lipinski definition) is 1. The smallest absolute Gasteiger partial charge is 0.311 e. The monoisotopic (exact) mass is 243 g/mol. The lowest BCUT2D eigenvalue weighted by Gasteiger charge is -2.05. The topological polar surface area (TPSA) is 98.3 Å². The minimum atomic E-state index is -1.10. The molecule has 0 atom stereocenters. The molecule has 0 unspecified atom stereocenters. The summed E-state index contributed by atoms with van der Waals surface area (Å²) in [6, 6.07) is 1.39. The molecular weight excluding hydrogens is 233 g/mol. The summed E-state index contributed by atoms with van der Waals surface area (Å²) >= 11 is 0. The predicted molar refractivity (Wildman–Crippen MR) is 58.5 cm³/mol. The Labute approximate surface area is 95.5 Å². The van der Waals surface area contributed by atoms with Crippen LogP contribution < -0.4 is 5.32 Å². The van der Waals surface area contributed by atoms with Crippen molar-refractivity contribution in [3.8, 4) is 0 Å². The van der Waals surface area contributed by atoms with Gasteiger partial charge in [0.1, 0.15) is 5.69 Å². The van der Waals surface area contributed by atoms with Crippen LogP contribution in [-0.4, -0.2) is 16.4 Å². The van der Waals surface area contributed by atoms with Crippen molar-refractivity contribution in [2.75, 3.05) is 11.9 Å². The van der Waals surface area contributed by atoms with Gasteiger partial charge in [0.2, 0.25) is 5.82 Å². The molecule has 0 aliphatic carbocycles. The van der Waals surface area contributed by atoms with Crippen molar-refractivity contribution in [3.63, 3.8) is 0 Å². The van der Waals surface area contributed by atoms with Gasteiger partial charge < -0.3 is 5.32 Å². The average molecular weight is 243 g/mol. The molecule has 0 amide bonds. The Morgan fingerprint density at radius 2 is 1.82 bits per heavy atom. The molecule has 0 saturated heterocycles. The molecule has 0 spiro atoms. The van der Waals surface area contributed by atoms with Crippen LogP contribution in [-0.2, 0) is 0 Å². The lowest BCUT2D eigenvalue weighted by Crippen LogP contribution is -2.05. The van der Waals surface area contributed by atoms with Gasteiger partial charge in [-0.1, -0.05) is 6.92 Å². The van der Waals surface area contributed by atoms with Crippen LogP contribution in [0.3, 0.4) is 0 Å². The van der Waals surface area contributed by atoms with E-state index in [2.05, 4.69) is 5.32 Å². The highest BCUT2D eigenvalue weighted by Gasteiger charge is 2.24. The SMILES string of the molecule is CCCNc1cc(F)c([N+](=O)[O-])cc1[N+](=O)[O-]. The molecule has 17 heavy (non-hydrogen) atoms. The fourth-order valence-corrected chi connectivity index (χ4v) is 1.24. The molecule has 1 aromatic carbocycles. The van der Waals surface area contributed by atoms with Gasteiger partial charge in [-0.05, 0) is 6.42 Å². The summed E-state index contributed by atoms with van der Waals surface area (Å²) in [5.74, 6) is -1.10. The molecule has 0 aliphatic rings. The molecule has 92 valence electrons. The quantitative estimate of drug-likeness (QED) is 0.632. The maximum absolute atomic E-state index is 13.3. The minimum absolute atomic E-state index is 0.0556. The Kier molecular flexibility index (Phi) is 3.91. The van der Waals surface area contributed by atoms with Gasteiger partial charge >= 0.3 is 5.69 Å². The maximum Gasteiger partial charge on any atom is 0.311 e. The fourth-order valence-electron chi connectivity index (χ4n) is 1.24. The minimum Gasteiger partial charge on any atom is -0.379 e. The molecule has 1 rings (SSSR count). The lowest BCUT2D eigenvalue weighted by molar-refractivity contribution is -0.395. The summed E-state index contributed by atoms with van der Waals surface area (Å²) in [5, 5.41) is 23.8. The van der Waals surface area contributed by atoms with Gasteiger partial charge in [-0.15, -0.1) is 0 Å². The number of nitro groups is 2. The van der Waals surface area contributed by atoms with Crippen molar-refractivity contribution in [2.45, 2.75) is 13.3 Å². The summed E-state index contributed by atoms with van der Waals surface area (Å²) in [6.07, 6.45) is 0.690. The fraction of sp³-hybridized carbons (Fsp3) is 0.333. The molecule has 0 aromatic heterocycles. The van der Waals surface area contributed by atoms with Gasteiger partial charge in [0, 0.05) is 12.6 Å². The Balaban J connectivity index is 3.25. The Bertz CT molecular complexity index is 464. The number of nitrogens with one attached hydrogen (secondary N) is 1. The van der Waals surface area contributed by atoms with Crippen molar-refractivity contribution >= 4 is 17.1 Å². The van der Waals surface area contributed by atoms with Crippen LogP contribution in [0.15, 0.2) is 12.1 Å². The van der Waals surface area contributed by atoms with Gasteiger partial charge in [0.25, 0.3) is 5.69 Å². The molecule has 0 bridgehead atoms. The number of hydrogen-bond acceptors (Lipinski definition) is 5. The van der Waals surface area contributed by atoms with Crippen LogP contribution in [0.2, 0.25) is 0 Å². The zero-order chi connectivity index (χ0) is 13.0. The molecule has 1 N–H and O–H groups in total. The molecule has 0 aliphatic heterocycles. The molecule has 0 radical (unpaired) electrons. The third-order valence-electron chi connectivity index (χ3n) is 2.02. The van der Waals surface area contributed by atoms with E-state index in [0.717, 1.165) is 6.07 Å². The van der Waals surface area contributed by atoms with E-state index in [4.69, 9.17) is 0 Å². The van der Waals surface area contributed by atoms with E-state index in [1.807, 2.05) is 6.92 Å². The van der Waals surface area contributed by atoms with Crippen molar-refractivity contribution in [3.05, 3.63) is 38.2 Å². The summed E-state index contributed by atoms with van der Waals surface area (Å²) < 4.78 is 13.3. The second-order valence-corrected chi connectivity index (χ2v) is 3.26. The van der Waals surface area contributed by atoms with Crippen LogP contribution in [0, 0.1) is 26.0 Å². The van der Waals surface area contributed by atoms with Crippen molar-refractivity contribution in [1.82, 2.24) is 0 Å². The van der Waals surface area contributed by atoms with E-state index in [1.165, 1.54) is 0 Å². The zero-order valence-electron chi connectivity index (χ0n) is 8.97. The van der Waals surface area contributed by atoms with Crippen LogP contribution in [0.1, 0.15) is 13.3 Å². The standard InChI is InChI=1S/C9H10FN3O4/c1-2-3-11-7-4-6(10)8(12(14)15)5-9(7)13(16)17/h4-5,11H,2-3H2,1H3. The molecule has 0 heterocycles. The number of rotatable bonds is 5. The zero-order valence-corrected chi connectivity index (χ0v) is 8.97. The van der Waals surface area contributed by atoms with Gasteiger partial charge in [0.15, 0.2) is 0 Å². The predicted octanol–water partition coefficient (Wildman–Crippen LogP) is 2.46. The highest BCUT2D eigenvalue weighted by atomic mass is 19.1. The second-order valence-electron chi connectivity index (χ2n) is 3.26. The number of nitro benzene ring substituents is 2. The van der Waals surface area contributed by atoms with E-state index in [1.54, 1.807) is 0 Å². The van der Waals surface area contributed by atoms with E-state index in [0.29, 0.717) is 19.0 Å². The van der Waals surface area contributed by atoms with Crippen LogP contribution in [0.25, 0.3) is 0 Å². The first-order chi connectivity index (χ1) is 7.97. The average Bonchev–Trinajstić information content (AvgIpc) is 2.25. The first-order valence-electron chi connectivity index (χ1n) is 4.83. The molecule has 7 nitrogen and oxygen atoms in total. The van der Waals surface area contributed by atoms with Gasteiger partial charge in [-0.25, -0.2) is 0 Å². The van der Waals surface area contributed by atoms with E-state index < -0.39 is 27.0 Å².